The van der Waals surface area contributed by atoms with Crippen LogP contribution in [0.2, 0.25) is 0 Å². The Bertz CT molecular complexity index is 1970. The maximum absolute atomic E-state index is 16.2. The molecule has 3 saturated heterocycles. The van der Waals surface area contributed by atoms with Crippen molar-refractivity contribution in [1.29, 1.82) is 0 Å². The first-order valence-electron chi connectivity index (χ1n) is 15.3. The normalized spacial score (nSPS) is 37.3. The van der Waals surface area contributed by atoms with E-state index in [-0.39, 0.29) is 23.6 Å². The van der Waals surface area contributed by atoms with Crippen molar-refractivity contribution in [3.05, 3.63) is 30.7 Å². The third-order valence-electron chi connectivity index (χ3n) is 8.94. The lowest BCUT2D eigenvalue weighted by Gasteiger charge is -2.30. The average Bonchev–Trinajstić information content (AvgIpc) is 3.77. The number of nitrogen functional groups attached to an aromatic ring is 1. The Balaban J connectivity index is 1.09. The van der Waals surface area contributed by atoms with Crippen molar-refractivity contribution in [2.45, 2.75) is 62.0 Å². The van der Waals surface area contributed by atoms with Crippen LogP contribution in [0.5, 0.6) is 0 Å². The van der Waals surface area contributed by atoms with Crippen molar-refractivity contribution in [1.82, 2.24) is 34.1 Å². The van der Waals surface area contributed by atoms with Gasteiger partial charge in [0.2, 0.25) is 0 Å². The number of nitrogens with one attached hydrogen (secondary N) is 1. The van der Waals surface area contributed by atoms with Crippen LogP contribution in [0.4, 0.5) is 16.0 Å². The molecule has 3 N–H and O–H groups in total. The minimum atomic E-state index is -3.98. The van der Waals surface area contributed by atoms with Gasteiger partial charge in [-0.3, -0.25) is 13.7 Å². The molecule has 8 heterocycles. The largest absolute Gasteiger partial charge is 0.382 e. The molecule has 18 nitrogen and oxygen atoms in total. The third-order valence-corrected chi connectivity index (χ3v) is 11.4. The van der Waals surface area contributed by atoms with E-state index in [1.54, 1.807) is 0 Å². The van der Waals surface area contributed by atoms with Gasteiger partial charge in [0.25, 0.3) is 30.1 Å². The molecule has 4 aliphatic rings. The van der Waals surface area contributed by atoms with E-state index in [9.17, 15) is 9.13 Å². The standard InChI is InChI=1S/C25H32B2FN9O9P2/c1-40-19-18-13(44-25(19)36-5-11-3-2-4-30-21-14(11)22(36)33-9-32-21)7-42-47(26,38)45-17-12(6-41-48(27,39)46-18)43-24(15(17)28)37-10-35-16-20(29)31-8-34-23(16)37/h5,8-10,12-13,15,17-19,24-25H,2-4,6-7,26-27H2,1H3,(H2,29,31,34)(H,30,32,33). The van der Waals surface area contributed by atoms with Crippen LogP contribution in [0.25, 0.3) is 22.2 Å². The summed E-state index contributed by atoms with van der Waals surface area (Å²) in [6.45, 7) is 0.0170. The molecule has 0 saturated carbocycles. The Morgan fingerprint density at radius 1 is 0.958 bits per heavy atom. The average molecular weight is 705 g/mol. The van der Waals surface area contributed by atoms with E-state index >= 15 is 4.39 Å². The van der Waals surface area contributed by atoms with Crippen LogP contribution < -0.4 is 11.1 Å². The minimum Gasteiger partial charge on any atom is -0.382 e. The monoisotopic (exact) mass is 705 g/mol. The van der Waals surface area contributed by atoms with E-state index < -0.39 is 70.7 Å². The number of halogens is 1. The molecular weight excluding hydrogens is 673 g/mol. The second-order valence-electron chi connectivity index (χ2n) is 12.1. The summed E-state index contributed by atoms with van der Waals surface area (Å²) < 4.78 is 88.9. The van der Waals surface area contributed by atoms with Gasteiger partial charge in [-0.1, -0.05) is 0 Å². The molecule has 10 unspecified atom stereocenters. The molecule has 0 aliphatic carbocycles. The summed E-state index contributed by atoms with van der Waals surface area (Å²) in [7, 11) is -3.87. The van der Waals surface area contributed by atoms with Gasteiger partial charge in [-0.15, -0.1) is 0 Å². The summed E-state index contributed by atoms with van der Waals surface area (Å²) in [6.07, 6.45) is -1.82. The molecule has 0 aromatic carbocycles. The second kappa shape index (κ2) is 12.1. The highest BCUT2D eigenvalue weighted by Gasteiger charge is 2.53. The zero-order chi connectivity index (χ0) is 33.4. The van der Waals surface area contributed by atoms with Crippen molar-refractivity contribution in [2.24, 2.45) is 0 Å². The number of nitrogens with zero attached hydrogens (tertiary/aromatic N) is 7. The molecule has 48 heavy (non-hydrogen) atoms. The van der Waals surface area contributed by atoms with E-state index in [0.29, 0.717) is 5.65 Å². The number of nitrogens with two attached hydrogens (primary N) is 1. The highest BCUT2D eigenvalue weighted by atomic mass is 31.2. The van der Waals surface area contributed by atoms with E-state index in [2.05, 4.69) is 30.2 Å². The smallest absolute Gasteiger partial charge is 0.271 e. The summed E-state index contributed by atoms with van der Waals surface area (Å²) >= 11 is 0. The predicted octanol–water partition coefficient (Wildman–Crippen LogP) is 0.659. The molecule has 8 rings (SSSR count). The van der Waals surface area contributed by atoms with E-state index in [1.807, 2.05) is 10.8 Å². The van der Waals surface area contributed by atoms with Gasteiger partial charge in [-0.2, -0.15) is 0 Å². The molecule has 4 aromatic rings. The maximum atomic E-state index is 16.2. The zero-order valence-corrected chi connectivity index (χ0v) is 27.9. The predicted molar refractivity (Wildman–Crippen MR) is 172 cm³/mol. The van der Waals surface area contributed by atoms with Crippen LogP contribution in [0, 0.1) is 0 Å². The number of aromatic nitrogens is 7. The molecule has 0 amide bonds. The highest BCUT2D eigenvalue weighted by Crippen LogP contribution is 2.54. The van der Waals surface area contributed by atoms with Crippen molar-refractivity contribution < 1.29 is 45.8 Å². The van der Waals surface area contributed by atoms with Gasteiger partial charge in [0, 0.05) is 19.9 Å². The minimum absolute atomic E-state index is 0.104. The number of hydrogen-bond donors (Lipinski definition) is 2. The van der Waals surface area contributed by atoms with Crippen LogP contribution in [0.15, 0.2) is 25.2 Å². The van der Waals surface area contributed by atoms with Crippen LogP contribution in [-0.4, -0.2) is 113 Å². The van der Waals surface area contributed by atoms with E-state index in [1.165, 1.54) is 45.8 Å². The number of anilines is 2. The Morgan fingerprint density at radius 3 is 2.42 bits per heavy atom. The summed E-state index contributed by atoms with van der Waals surface area (Å²) in [5.74, 6) is 0.826. The fraction of sp³-hybridized carbons (Fsp3) is 0.560. The van der Waals surface area contributed by atoms with Crippen molar-refractivity contribution in [2.75, 3.05) is 37.9 Å². The van der Waals surface area contributed by atoms with Gasteiger partial charge in [0.05, 0.1) is 24.9 Å². The Hall–Kier alpha value is -2.99. The summed E-state index contributed by atoms with van der Waals surface area (Å²) in [4.78, 5) is 21.2. The number of ether oxygens (including phenoxy) is 3. The van der Waals surface area contributed by atoms with Crippen molar-refractivity contribution in [3.8, 4) is 0 Å². The summed E-state index contributed by atoms with van der Waals surface area (Å²) in [5.41, 5.74) is 8.03. The van der Waals surface area contributed by atoms with Gasteiger partial charge in [0.1, 0.15) is 60.2 Å². The number of rotatable bonds is 3. The molecule has 0 spiro atoms. The van der Waals surface area contributed by atoms with Crippen molar-refractivity contribution in [3.63, 3.8) is 0 Å². The van der Waals surface area contributed by atoms with E-state index in [4.69, 9.17) is 38.0 Å². The fourth-order valence-electron chi connectivity index (χ4n) is 6.76. The van der Waals surface area contributed by atoms with Gasteiger partial charge >= 0.3 is 0 Å². The lowest BCUT2D eigenvalue weighted by molar-refractivity contribution is -0.0587. The lowest BCUT2D eigenvalue weighted by Crippen LogP contribution is -2.39. The molecule has 10 atom stereocenters. The number of imidazole rings is 1. The van der Waals surface area contributed by atoms with E-state index in [0.717, 1.165) is 36.2 Å². The Morgan fingerprint density at radius 2 is 1.65 bits per heavy atom. The van der Waals surface area contributed by atoms with Crippen LogP contribution in [-0.2, 0) is 47.9 Å². The lowest BCUT2D eigenvalue weighted by atomic mass is 10.1. The Kier molecular flexibility index (Phi) is 8.13. The maximum Gasteiger partial charge on any atom is 0.271 e. The van der Waals surface area contributed by atoms with Gasteiger partial charge in [0.15, 0.2) is 30.1 Å². The SMILES string of the molecule is BP1(=O)OCC2OC(n3cc4c5c(ncnc53)NCCC4)C(OC)C2OP(B)(=O)OCC2OC(n3cnc4c(N)ncnc43)C(F)C2O1. The summed E-state index contributed by atoms with van der Waals surface area (Å²) in [6, 6.07) is 0. The molecule has 0 radical (unpaired) electrons. The first-order chi connectivity index (χ1) is 23.0. The van der Waals surface area contributed by atoms with Gasteiger partial charge in [-0.25, -0.2) is 29.3 Å². The Labute approximate surface area is 274 Å². The first-order valence-corrected chi connectivity index (χ1v) is 19.3. The molecule has 4 aliphatic heterocycles. The molecule has 4 aromatic heterocycles. The van der Waals surface area contributed by atoms with Gasteiger partial charge in [-0.05, 0) is 18.4 Å². The quantitative estimate of drug-likeness (QED) is 0.221. The van der Waals surface area contributed by atoms with Crippen molar-refractivity contribution >= 4 is 63.9 Å². The highest BCUT2D eigenvalue weighted by molar-refractivity contribution is 7.79. The zero-order valence-electron chi connectivity index (χ0n) is 26.1. The fourth-order valence-corrected chi connectivity index (χ4v) is 9.11. The molecule has 3 fully saturated rings. The number of hydrogen-bond acceptors (Lipinski definition) is 16. The molecule has 23 heteroatoms. The topological polar surface area (TPSA) is 211 Å². The molecule has 254 valence electrons. The summed E-state index contributed by atoms with van der Waals surface area (Å²) in [5, 5.41) is 4.21. The first kappa shape index (κ1) is 32.2. The number of fused-ring (bicyclic) bond motifs is 3. The third kappa shape index (κ3) is 5.54. The molecular formula is C25H32B2FN9O9P2. The molecule has 0 bridgehead atoms. The van der Waals surface area contributed by atoms with Crippen LogP contribution in [0.1, 0.15) is 24.4 Å². The van der Waals surface area contributed by atoms with Gasteiger partial charge < -0.3 is 47.9 Å². The van der Waals surface area contributed by atoms with Crippen LogP contribution >= 0.6 is 14.9 Å². The number of methoxy groups -OCH3 is 1. The van der Waals surface area contributed by atoms with Crippen LogP contribution in [0.3, 0.4) is 0 Å². The number of aryl methyl sites for hydroxylation is 1. The number of alkyl halides is 1. The second-order valence-corrected chi connectivity index (χ2v) is 16.2.